The summed E-state index contributed by atoms with van der Waals surface area (Å²) in [6, 6.07) is 9.97. The van der Waals surface area contributed by atoms with Crippen LogP contribution in [0.1, 0.15) is 25.0 Å². The Hall–Kier alpha value is -1.83. The number of furan rings is 1. The van der Waals surface area contributed by atoms with Gasteiger partial charge in [-0.15, -0.1) is 0 Å². The van der Waals surface area contributed by atoms with Crippen molar-refractivity contribution in [2.45, 2.75) is 29.8 Å². The van der Waals surface area contributed by atoms with Crippen LogP contribution < -0.4 is 4.74 Å². The van der Waals surface area contributed by atoms with Crippen LogP contribution in [-0.2, 0) is 15.6 Å². The second-order valence-electron chi connectivity index (χ2n) is 7.16. The monoisotopic (exact) mass is 377 g/mol. The third-order valence-corrected chi connectivity index (χ3v) is 7.64. The van der Waals surface area contributed by atoms with E-state index < -0.39 is 15.6 Å². The largest absolute Gasteiger partial charge is 0.497 e. The summed E-state index contributed by atoms with van der Waals surface area (Å²) in [6.45, 7) is 0.734. The summed E-state index contributed by atoms with van der Waals surface area (Å²) in [5.74, 6) is 1.13. The van der Waals surface area contributed by atoms with Gasteiger partial charge < -0.3 is 14.3 Å². The van der Waals surface area contributed by atoms with Gasteiger partial charge in [-0.1, -0.05) is 0 Å². The highest BCUT2D eigenvalue weighted by Gasteiger charge is 2.53. The highest BCUT2D eigenvalue weighted by molar-refractivity contribution is 7.89. The Morgan fingerprint density at radius 1 is 1.23 bits per heavy atom. The van der Waals surface area contributed by atoms with Crippen molar-refractivity contribution in [1.82, 2.24) is 4.31 Å². The SMILES string of the molecule is COc1ccc(S(=O)(=O)N2C[C@@H]3CCC[C@@](O)(c4ccco4)[C@@H]3C2)cc1. The molecule has 0 spiro atoms. The van der Waals surface area contributed by atoms with Crippen LogP contribution in [0.4, 0.5) is 0 Å². The molecule has 2 aliphatic rings. The maximum absolute atomic E-state index is 13.1. The fourth-order valence-corrected chi connectivity index (χ4v) is 5.93. The maximum Gasteiger partial charge on any atom is 0.243 e. The number of hydrogen-bond donors (Lipinski definition) is 1. The van der Waals surface area contributed by atoms with Crippen molar-refractivity contribution in [2.24, 2.45) is 11.8 Å². The van der Waals surface area contributed by atoms with Crippen molar-refractivity contribution < 1.29 is 22.7 Å². The molecular formula is C19H23NO5S. The smallest absolute Gasteiger partial charge is 0.243 e. The number of fused-ring (bicyclic) bond motifs is 1. The van der Waals surface area contributed by atoms with Crippen molar-refractivity contribution in [3.63, 3.8) is 0 Å². The molecule has 1 saturated carbocycles. The molecule has 1 aliphatic heterocycles. The quantitative estimate of drug-likeness (QED) is 0.886. The van der Waals surface area contributed by atoms with E-state index in [1.807, 2.05) is 0 Å². The first kappa shape index (κ1) is 17.6. The predicted molar refractivity (Wildman–Crippen MR) is 95.2 cm³/mol. The van der Waals surface area contributed by atoms with E-state index in [1.165, 1.54) is 4.31 Å². The normalized spacial score (nSPS) is 29.5. The van der Waals surface area contributed by atoms with Gasteiger partial charge in [0.15, 0.2) is 0 Å². The highest BCUT2D eigenvalue weighted by Crippen LogP contribution is 2.49. The third kappa shape index (κ3) is 2.74. The molecule has 1 aromatic carbocycles. The average Bonchev–Trinajstić information content (AvgIpc) is 3.33. The van der Waals surface area contributed by atoms with Crippen LogP contribution in [0.5, 0.6) is 5.75 Å². The molecule has 1 saturated heterocycles. The zero-order valence-electron chi connectivity index (χ0n) is 14.7. The molecule has 26 heavy (non-hydrogen) atoms. The number of benzene rings is 1. The van der Waals surface area contributed by atoms with Crippen LogP contribution in [0.3, 0.4) is 0 Å². The molecule has 6 nitrogen and oxygen atoms in total. The van der Waals surface area contributed by atoms with Crippen LogP contribution in [0.15, 0.2) is 52.0 Å². The lowest BCUT2D eigenvalue weighted by molar-refractivity contribution is -0.0795. The van der Waals surface area contributed by atoms with Crippen LogP contribution in [0.2, 0.25) is 0 Å². The first-order valence-electron chi connectivity index (χ1n) is 8.86. The standard InChI is InChI=1S/C19H23NO5S/c1-24-15-6-8-16(9-7-15)26(22,23)20-12-14-4-2-10-19(21,17(14)13-20)18-5-3-11-25-18/h3,5-9,11,14,17,21H,2,4,10,12-13H2,1H3/t14-,17+,19-/m0/s1. The van der Waals surface area contributed by atoms with Crippen molar-refractivity contribution in [1.29, 1.82) is 0 Å². The minimum Gasteiger partial charge on any atom is -0.497 e. The Labute approximate surface area is 153 Å². The minimum atomic E-state index is -3.60. The summed E-state index contributed by atoms with van der Waals surface area (Å²) in [5.41, 5.74) is -1.10. The molecule has 2 fully saturated rings. The van der Waals surface area contributed by atoms with Gasteiger partial charge in [-0.3, -0.25) is 0 Å². The van der Waals surface area contributed by atoms with E-state index >= 15 is 0 Å². The van der Waals surface area contributed by atoms with Gasteiger partial charge in [0.25, 0.3) is 0 Å². The summed E-state index contributed by atoms with van der Waals surface area (Å²) >= 11 is 0. The van der Waals surface area contributed by atoms with Crippen LogP contribution >= 0.6 is 0 Å². The topological polar surface area (TPSA) is 80.0 Å². The summed E-state index contributed by atoms with van der Waals surface area (Å²) in [7, 11) is -2.06. The molecule has 0 unspecified atom stereocenters. The van der Waals surface area contributed by atoms with E-state index in [9.17, 15) is 13.5 Å². The zero-order valence-corrected chi connectivity index (χ0v) is 15.5. The molecule has 0 amide bonds. The first-order valence-corrected chi connectivity index (χ1v) is 10.3. The van der Waals surface area contributed by atoms with E-state index in [-0.39, 0.29) is 16.7 Å². The van der Waals surface area contributed by atoms with Crippen molar-refractivity contribution in [2.75, 3.05) is 20.2 Å². The fraction of sp³-hybridized carbons (Fsp3) is 0.474. The first-order chi connectivity index (χ1) is 12.4. The maximum atomic E-state index is 13.1. The Morgan fingerprint density at radius 2 is 2.00 bits per heavy atom. The Kier molecular flexibility index (Phi) is 4.33. The summed E-state index contributed by atoms with van der Waals surface area (Å²) < 4.78 is 38.2. The molecule has 2 heterocycles. The second-order valence-corrected chi connectivity index (χ2v) is 9.10. The van der Waals surface area contributed by atoms with E-state index in [4.69, 9.17) is 9.15 Å². The minimum absolute atomic E-state index is 0.131. The molecular weight excluding hydrogens is 354 g/mol. The number of sulfonamides is 1. The van der Waals surface area contributed by atoms with Gasteiger partial charge in [0.2, 0.25) is 10.0 Å². The number of rotatable bonds is 4. The summed E-state index contributed by atoms with van der Waals surface area (Å²) in [6.07, 6.45) is 3.92. The fourth-order valence-electron chi connectivity index (χ4n) is 4.41. The van der Waals surface area contributed by atoms with Gasteiger partial charge >= 0.3 is 0 Å². The molecule has 1 N–H and O–H groups in total. The van der Waals surface area contributed by atoms with Crippen molar-refractivity contribution in [3.05, 3.63) is 48.4 Å². The molecule has 0 bridgehead atoms. The van der Waals surface area contributed by atoms with Gasteiger partial charge in [0.05, 0.1) is 18.3 Å². The second kappa shape index (κ2) is 6.40. The van der Waals surface area contributed by atoms with Crippen LogP contribution in [-0.4, -0.2) is 38.0 Å². The number of methoxy groups -OCH3 is 1. The molecule has 1 aromatic heterocycles. The molecule has 0 radical (unpaired) electrons. The van der Waals surface area contributed by atoms with Crippen molar-refractivity contribution in [3.8, 4) is 5.75 Å². The third-order valence-electron chi connectivity index (χ3n) is 5.80. The molecule has 7 heteroatoms. The number of aliphatic hydroxyl groups is 1. The van der Waals surface area contributed by atoms with Gasteiger partial charge in [-0.2, -0.15) is 4.31 Å². The number of nitrogens with zero attached hydrogens (tertiary/aromatic N) is 1. The number of ether oxygens (including phenoxy) is 1. The van der Waals surface area contributed by atoms with Crippen LogP contribution in [0, 0.1) is 11.8 Å². The van der Waals surface area contributed by atoms with E-state index in [0.29, 0.717) is 31.0 Å². The van der Waals surface area contributed by atoms with E-state index in [2.05, 4.69) is 0 Å². The lowest BCUT2D eigenvalue weighted by Crippen LogP contribution is -2.42. The van der Waals surface area contributed by atoms with Crippen LogP contribution in [0.25, 0.3) is 0 Å². The van der Waals surface area contributed by atoms with Gasteiger partial charge in [-0.25, -0.2) is 8.42 Å². The molecule has 2 aromatic rings. The molecule has 3 atom stereocenters. The van der Waals surface area contributed by atoms with Gasteiger partial charge in [0.1, 0.15) is 17.1 Å². The van der Waals surface area contributed by atoms with E-state index in [0.717, 1.165) is 12.8 Å². The molecule has 1 aliphatic carbocycles. The van der Waals surface area contributed by atoms with E-state index in [1.54, 1.807) is 49.8 Å². The Bertz CT molecular complexity index is 862. The predicted octanol–water partition coefficient (Wildman–Crippen LogP) is 2.60. The zero-order chi connectivity index (χ0) is 18.4. The van der Waals surface area contributed by atoms with Gasteiger partial charge in [-0.05, 0) is 61.6 Å². The summed E-state index contributed by atoms with van der Waals surface area (Å²) in [5, 5.41) is 11.3. The lowest BCUT2D eigenvalue weighted by atomic mass is 9.69. The lowest BCUT2D eigenvalue weighted by Gasteiger charge is -2.39. The Morgan fingerprint density at radius 3 is 2.65 bits per heavy atom. The summed E-state index contributed by atoms with van der Waals surface area (Å²) in [4.78, 5) is 0.249. The highest BCUT2D eigenvalue weighted by atomic mass is 32.2. The Balaban J connectivity index is 1.62. The van der Waals surface area contributed by atoms with Crippen molar-refractivity contribution >= 4 is 10.0 Å². The average molecular weight is 377 g/mol. The molecule has 4 rings (SSSR count). The van der Waals surface area contributed by atoms with Gasteiger partial charge in [0, 0.05) is 19.0 Å². The molecule has 140 valence electrons. The number of hydrogen-bond acceptors (Lipinski definition) is 5.